The van der Waals surface area contributed by atoms with Gasteiger partial charge in [0.15, 0.2) is 11.4 Å². The Kier molecular flexibility index (Phi) is 5.04. The monoisotopic (exact) mass is 378 g/mol. The molecule has 0 aliphatic carbocycles. The average Bonchev–Trinajstić information content (AvgIpc) is 2.62. The molecule has 2 amide bonds. The molecule has 2 aromatic carbocycles. The Morgan fingerprint density at radius 2 is 1.36 bits per heavy atom. The lowest BCUT2D eigenvalue weighted by atomic mass is 10.1. The molecule has 0 aliphatic rings. The fourth-order valence-corrected chi connectivity index (χ4v) is 2.69. The van der Waals surface area contributed by atoms with Crippen molar-refractivity contribution in [3.8, 4) is 0 Å². The summed E-state index contributed by atoms with van der Waals surface area (Å²) in [6, 6.07) is 10.1. The topological polar surface area (TPSA) is 121 Å². The fraction of sp³-hybridized carbons (Fsp3) is 0.150. The molecule has 0 bridgehead atoms. The van der Waals surface area contributed by atoms with Gasteiger partial charge in [0.25, 0.3) is 5.91 Å². The Morgan fingerprint density at radius 3 is 1.86 bits per heavy atom. The van der Waals surface area contributed by atoms with Crippen molar-refractivity contribution < 1.29 is 19.5 Å². The summed E-state index contributed by atoms with van der Waals surface area (Å²) < 4.78 is 0. The highest BCUT2D eigenvalue weighted by atomic mass is 16.4. The summed E-state index contributed by atoms with van der Waals surface area (Å²) in [6.45, 7) is 5.13. The van der Waals surface area contributed by atoms with Crippen molar-refractivity contribution in [1.82, 2.24) is 9.97 Å². The Labute approximate surface area is 160 Å². The van der Waals surface area contributed by atoms with Gasteiger partial charge in [0.1, 0.15) is 0 Å². The van der Waals surface area contributed by atoms with Crippen LogP contribution in [0.1, 0.15) is 39.0 Å². The van der Waals surface area contributed by atoms with Crippen molar-refractivity contribution >= 4 is 40.2 Å². The number of amides is 2. The van der Waals surface area contributed by atoms with Gasteiger partial charge in [0, 0.05) is 6.92 Å². The van der Waals surface area contributed by atoms with E-state index >= 15 is 0 Å². The summed E-state index contributed by atoms with van der Waals surface area (Å²) in [7, 11) is 0. The minimum atomic E-state index is -1.35. The predicted octanol–water partition coefficient (Wildman–Crippen LogP) is 3.16. The predicted molar refractivity (Wildman–Crippen MR) is 105 cm³/mol. The first-order valence-corrected chi connectivity index (χ1v) is 8.46. The highest BCUT2D eigenvalue weighted by Crippen LogP contribution is 2.23. The molecule has 0 saturated carbocycles. The van der Waals surface area contributed by atoms with E-state index in [1.165, 1.54) is 6.92 Å². The molecule has 1 aromatic heterocycles. The van der Waals surface area contributed by atoms with Crippen LogP contribution in [0.2, 0.25) is 0 Å². The van der Waals surface area contributed by atoms with Gasteiger partial charge in [-0.1, -0.05) is 12.1 Å². The number of carboxylic acids is 1. The number of carboxylic acid groups (broad SMARTS) is 1. The van der Waals surface area contributed by atoms with Crippen LogP contribution < -0.4 is 10.6 Å². The normalized spacial score (nSPS) is 10.5. The van der Waals surface area contributed by atoms with Gasteiger partial charge in [0.05, 0.1) is 22.4 Å². The summed E-state index contributed by atoms with van der Waals surface area (Å²) in [6.07, 6.45) is 0. The fourth-order valence-electron chi connectivity index (χ4n) is 2.69. The van der Waals surface area contributed by atoms with E-state index in [2.05, 4.69) is 20.6 Å². The van der Waals surface area contributed by atoms with E-state index in [1.807, 2.05) is 13.8 Å². The molecule has 0 unspecified atom stereocenters. The van der Waals surface area contributed by atoms with Gasteiger partial charge >= 0.3 is 5.97 Å². The van der Waals surface area contributed by atoms with Gasteiger partial charge < -0.3 is 15.7 Å². The smallest absolute Gasteiger partial charge is 0.357 e. The lowest BCUT2D eigenvalue weighted by molar-refractivity contribution is -0.114. The number of hydrogen-bond acceptors (Lipinski definition) is 5. The molecular formula is C20H18N4O4. The number of aromatic nitrogens is 2. The number of rotatable bonds is 4. The molecule has 0 saturated heterocycles. The van der Waals surface area contributed by atoms with E-state index in [0.717, 1.165) is 11.1 Å². The maximum Gasteiger partial charge on any atom is 0.357 e. The molecule has 8 nitrogen and oxygen atoms in total. The number of para-hydroxylation sites is 2. The third-order valence-corrected chi connectivity index (χ3v) is 4.18. The summed E-state index contributed by atoms with van der Waals surface area (Å²) in [5, 5.41) is 14.7. The first-order chi connectivity index (χ1) is 13.3. The van der Waals surface area contributed by atoms with Crippen molar-refractivity contribution in [1.29, 1.82) is 0 Å². The van der Waals surface area contributed by atoms with Crippen LogP contribution in [0.4, 0.5) is 11.4 Å². The summed E-state index contributed by atoms with van der Waals surface area (Å²) in [5.41, 5.74) is 2.68. The first kappa shape index (κ1) is 19.0. The van der Waals surface area contributed by atoms with E-state index in [-0.39, 0.29) is 11.6 Å². The standard InChI is InChI=1S/C20H18N4O4/c1-10-8-15-16(9-11(10)2)23-18(20(27)28)17(22-15)19(26)24-14-7-5-4-6-13(14)21-12(3)25/h4-9H,1-3H3,(H,21,25)(H,24,26)(H,27,28). The molecule has 0 radical (unpaired) electrons. The number of carbonyl (C=O) groups excluding carboxylic acids is 2. The van der Waals surface area contributed by atoms with Gasteiger partial charge in [-0.3, -0.25) is 9.59 Å². The van der Waals surface area contributed by atoms with Crippen LogP contribution in [0.25, 0.3) is 11.0 Å². The third kappa shape index (κ3) is 3.80. The minimum absolute atomic E-state index is 0.302. The Morgan fingerprint density at radius 1 is 0.857 bits per heavy atom. The number of nitrogens with zero attached hydrogens (tertiary/aromatic N) is 2. The van der Waals surface area contributed by atoms with Crippen molar-refractivity contribution in [3.63, 3.8) is 0 Å². The largest absolute Gasteiger partial charge is 0.476 e. The van der Waals surface area contributed by atoms with Crippen LogP contribution in [0.3, 0.4) is 0 Å². The maximum atomic E-state index is 12.8. The number of aryl methyl sites for hydroxylation is 2. The minimum Gasteiger partial charge on any atom is -0.476 e. The molecule has 28 heavy (non-hydrogen) atoms. The van der Waals surface area contributed by atoms with Crippen LogP contribution in [0, 0.1) is 13.8 Å². The van der Waals surface area contributed by atoms with Crippen LogP contribution in [-0.4, -0.2) is 32.9 Å². The number of carbonyl (C=O) groups is 3. The van der Waals surface area contributed by atoms with Gasteiger partial charge in [-0.05, 0) is 49.2 Å². The van der Waals surface area contributed by atoms with Gasteiger partial charge in [-0.2, -0.15) is 0 Å². The highest BCUT2D eigenvalue weighted by molar-refractivity contribution is 6.11. The van der Waals surface area contributed by atoms with Crippen molar-refractivity contribution in [2.45, 2.75) is 20.8 Å². The van der Waals surface area contributed by atoms with Crippen LogP contribution in [0.15, 0.2) is 36.4 Å². The third-order valence-electron chi connectivity index (χ3n) is 4.18. The molecule has 0 spiro atoms. The van der Waals surface area contributed by atoms with E-state index in [4.69, 9.17) is 0 Å². The van der Waals surface area contributed by atoms with E-state index in [1.54, 1.807) is 36.4 Å². The number of aromatic carboxylic acids is 1. The summed E-state index contributed by atoms with van der Waals surface area (Å²) in [4.78, 5) is 44.1. The second-order valence-corrected chi connectivity index (χ2v) is 6.33. The molecular weight excluding hydrogens is 360 g/mol. The van der Waals surface area contributed by atoms with Crippen LogP contribution >= 0.6 is 0 Å². The second-order valence-electron chi connectivity index (χ2n) is 6.33. The molecule has 3 rings (SSSR count). The maximum absolute atomic E-state index is 12.8. The number of benzene rings is 2. The lowest BCUT2D eigenvalue weighted by Gasteiger charge is -2.12. The molecule has 3 N–H and O–H groups in total. The summed E-state index contributed by atoms with van der Waals surface area (Å²) >= 11 is 0. The summed E-state index contributed by atoms with van der Waals surface area (Å²) in [5.74, 6) is -2.39. The number of hydrogen-bond donors (Lipinski definition) is 3. The molecule has 0 aliphatic heterocycles. The highest BCUT2D eigenvalue weighted by Gasteiger charge is 2.22. The molecule has 3 aromatic rings. The van der Waals surface area contributed by atoms with Crippen molar-refractivity contribution in [2.75, 3.05) is 10.6 Å². The molecule has 0 fully saturated rings. The second kappa shape index (κ2) is 7.43. The number of anilines is 2. The zero-order valence-corrected chi connectivity index (χ0v) is 15.5. The SMILES string of the molecule is CC(=O)Nc1ccccc1NC(=O)c1nc2cc(C)c(C)cc2nc1C(=O)O. The van der Waals surface area contributed by atoms with Crippen molar-refractivity contribution in [3.05, 3.63) is 58.9 Å². The Bertz CT molecular complexity index is 1120. The van der Waals surface area contributed by atoms with E-state index in [0.29, 0.717) is 22.4 Å². The lowest BCUT2D eigenvalue weighted by Crippen LogP contribution is -2.21. The van der Waals surface area contributed by atoms with Crippen molar-refractivity contribution in [2.24, 2.45) is 0 Å². The molecule has 0 atom stereocenters. The van der Waals surface area contributed by atoms with Gasteiger partial charge in [-0.25, -0.2) is 14.8 Å². The molecule has 8 heteroatoms. The number of fused-ring (bicyclic) bond motifs is 1. The first-order valence-electron chi connectivity index (χ1n) is 8.46. The zero-order chi connectivity index (χ0) is 20.4. The quantitative estimate of drug-likeness (QED) is 0.641. The Balaban J connectivity index is 2.06. The van der Waals surface area contributed by atoms with Crippen LogP contribution in [-0.2, 0) is 4.79 Å². The Hall–Kier alpha value is -3.81. The van der Waals surface area contributed by atoms with Gasteiger partial charge in [-0.15, -0.1) is 0 Å². The zero-order valence-electron chi connectivity index (χ0n) is 15.5. The van der Waals surface area contributed by atoms with Gasteiger partial charge in [0.2, 0.25) is 5.91 Å². The van der Waals surface area contributed by atoms with Crippen LogP contribution in [0.5, 0.6) is 0 Å². The number of nitrogens with one attached hydrogen (secondary N) is 2. The average molecular weight is 378 g/mol. The molecule has 1 heterocycles. The van der Waals surface area contributed by atoms with E-state index in [9.17, 15) is 19.5 Å². The molecule has 142 valence electrons. The van der Waals surface area contributed by atoms with E-state index < -0.39 is 17.6 Å².